The van der Waals surface area contributed by atoms with E-state index >= 15 is 0 Å². The standard InChI is InChI=1S/C9H11N3O2/c10-9-7(3-6-1-2-6)4-8(5-11-9)12(13)14/h4-6H,1-3H2,(H2,10,11). The minimum atomic E-state index is -0.442. The summed E-state index contributed by atoms with van der Waals surface area (Å²) in [6.07, 6.45) is 4.41. The molecular formula is C9H11N3O2. The van der Waals surface area contributed by atoms with Crippen molar-refractivity contribution < 1.29 is 4.92 Å². The third-order valence-electron chi connectivity index (χ3n) is 2.40. The van der Waals surface area contributed by atoms with E-state index in [-0.39, 0.29) is 5.69 Å². The first-order valence-corrected chi connectivity index (χ1v) is 4.55. The molecule has 0 aromatic carbocycles. The predicted molar refractivity (Wildman–Crippen MR) is 51.7 cm³/mol. The maximum atomic E-state index is 10.5. The average molecular weight is 193 g/mol. The summed E-state index contributed by atoms with van der Waals surface area (Å²) < 4.78 is 0. The summed E-state index contributed by atoms with van der Waals surface area (Å²) in [6, 6.07) is 1.53. The van der Waals surface area contributed by atoms with Gasteiger partial charge in [0.1, 0.15) is 12.0 Å². The summed E-state index contributed by atoms with van der Waals surface area (Å²) in [5, 5.41) is 10.5. The van der Waals surface area contributed by atoms with Crippen LogP contribution in [0.3, 0.4) is 0 Å². The molecule has 0 aliphatic heterocycles. The summed E-state index contributed by atoms with van der Waals surface area (Å²) in [5.74, 6) is 1.07. The number of hydrogen-bond acceptors (Lipinski definition) is 4. The molecule has 0 spiro atoms. The van der Waals surface area contributed by atoms with Crippen molar-refractivity contribution in [3.8, 4) is 0 Å². The lowest BCUT2D eigenvalue weighted by Crippen LogP contribution is -2.00. The molecule has 5 heteroatoms. The van der Waals surface area contributed by atoms with Gasteiger partial charge >= 0.3 is 0 Å². The molecule has 0 amide bonds. The van der Waals surface area contributed by atoms with Crippen LogP contribution in [0.4, 0.5) is 11.5 Å². The Labute approximate surface area is 81.1 Å². The molecule has 0 unspecified atom stereocenters. The summed E-state index contributed by atoms with van der Waals surface area (Å²) in [5.41, 5.74) is 6.46. The quantitative estimate of drug-likeness (QED) is 0.582. The SMILES string of the molecule is Nc1ncc([N+](=O)[O-])cc1CC1CC1. The number of hydrogen-bond donors (Lipinski definition) is 1. The lowest BCUT2D eigenvalue weighted by Gasteiger charge is -2.02. The van der Waals surface area contributed by atoms with E-state index in [2.05, 4.69) is 4.98 Å². The van der Waals surface area contributed by atoms with Gasteiger partial charge < -0.3 is 5.73 Å². The van der Waals surface area contributed by atoms with Crippen LogP contribution in [0.1, 0.15) is 18.4 Å². The molecule has 1 aromatic heterocycles. The zero-order valence-corrected chi connectivity index (χ0v) is 7.64. The van der Waals surface area contributed by atoms with Gasteiger partial charge in [-0.1, -0.05) is 0 Å². The first-order valence-electron chi connectivity index (χ1n) is 4.55. The smallest absolute Gasteiger partial charge is 0.288 e. The van der Waals surface area contributed by atoms with Crippen LogP contribution >= 0.6 is 0 Å². The van der Waals surface area contributed by atoms with Gasteiger partial charge in [0, 0.05) is 11.6 Å². The van der Waals surface area contributed by atoms with Crippen LogP contribution in [-0.2, 0) is 6.42 Å². The van der Waals surface area contributed by atoms with Crippen LogP contribution in [-0.4, -0.2) is 9.91 Å². The largest absolute Gasteiger partial charge is 0.383 e. The van der Waals surface area contributed by atoms with Gasteiger partial charge in [-0.15, -0.1) is 0 Å². The Morgan fingerprint density at radius 3 is 2.93 bits per heavy atom. The second kappa shape index (κ2) is 3.25. The van der Waals surface area contributed by atoms with Gasteiger partial charge in [-0.05, 0) is 25.2 Å². The van der Waals surface area contributed by atoms with E-state index in [0.29, 0.717) is 11.7 Å². The number of anilines is 1. The van der Waals surface area contributed by atoms with Gasteiger partial charge in [0.15, 0.2) is 0 Å². The van der Waals surface area contributed by atoms with E-state index in [1.54, 1.807) is 0 Å². The van der Waals surface area contributed by atoms with Crippen LogP contribution < -0.4 is 5.73 Å². The van der Waals surface area contributed by atoms with Crippen molar-refractivity contribution in [2.45, 2.75) is 19.3 Å². The number of rotatable bonds is 3. The van der Waals surface area contributed by atoms with E-state index in [1.807, 2.05) is 0 Å². The van der Waals surface area contributed by atoms with E-state index in [1.165, 1.54) is 25.1 Å². The van der Waals surface area contributed by atoms with E-state index in [4.69, 9.17) is 5.73 Å². The molecule has 1 aliphatic carbocycles. The molecular weight excluding hydrogens is 182 g/mol. The van der Waals surface area contributed by atoms with Crippen molar-refractivity contribution in [3.05, 3.63) is 27.9 Å². The van der Waals surface area contributed by atoms with Crippen molar-refractivity contribution in [2.24, 2.45) is 5.92 Å². The molecule has 2 N–H and O–H groups in total. The van der Waals surface area contributed by atoms with Crippen LogP contribution in [0.2, 0.25) is 0 Å². The van der Waals surface area contributed by atoms with E-state index < -0.39 is 4.92 Å². The zero-order chi connectivity index (χ0) is 10.1. The van der Waals surface area contributed by atoms with Gasteiger partial charge in [0.2, 0.25) is 0 Å². The molecule has 0 radical (unpaired) electrons. The van der Waals surface area contributed by atoms with Crippen LogP contribution in [0.5, 0.6) is 0 Å². The van der Waals surface area contributed by atoms with E-state index in [9.17, 15) is 10.1 Å². The second-order valence-electron chi connectivity index (χ2n) is 3.64. The van der Waals surface area contributed by atoms with Crippen molar-refractivity contribution in [3.63, 3.8) is 0 Å². The third kappa shape index (κ3) is 1.81. The van der Waals surface area contributed by atoms with Crippen molar-refractivity contribution in [1.29, 1.82) is 0 Å². The Morgan fingerprint density at radius 1 is 1.64 bits per heavy atom. The molecule has 5 nitrogen and oxygen atoms in total. The van der Waals surface area contributed by atoms with Gasteiger partial charge in [-0.3, -0.25) is 10.1 Å². The zero-order valence-electron chi connectivity index (χ0n) is 7.64. The number of pyridine rings is 1. The third-order valence-corrected chi connectivity index (χ3v) is 2.40. The summed E-state index contributed by atoms with van der Waals surface area (Å²) in [6.45, 7) is 0. The highest BCUT2D eigenvalue weighted by Crippen LogP contribution is 2.34. The van der Waals surface area contributed by atoms with Crippen LogP contribution in [0, 0.1) is 16.0 Å². The molecule has 1 saturated carbocycles. The summed E-state index contributed by atoms with van der Waals surface area (Å²) >= 11 is 0. The lowest BCUT2D eigenvalue weighted by molar-refractivity contribution is -0.385. The Hall–Kier alpha value is -1.65. The average Bonchev–Trinajstić information content (AvgIpc) is 2.92. The van der Waals surface area contributed by atoms with Gasteiger partial charge in [-0.25, -0.2) is 4.98 Å². The number of nitrogen functional groups attached to an aromatic ring is 1. The highest BCUT2D eigenvalue weighted by molar-refractivity contribution is 5.45. The summed E-state index contributed by atoms with van der Waals surface area (Å²) in [7, 11) is 0. The molecule has 0 saturated heterocycles. The maximum absolute atomic E-state index is 10.5. The highest BCUT2D eigenvalue weighted by atomic mass is 16.6. The van der Waals surface area contributed by atoms with Crippen LogP contribution in [0.15, 0.2) is 12.3 Å². The van der Waals surface area contributed by atoms with Crippen molar-refractivity contribution in [1.82, 2.24) is 4.98 Å². The Kier molecular flexibility index (Phi) is 2.07. The Bertz CT molecular complexity index is 374. The molecule has 0 atom stereocenters. The van der Waals surface area contributed by atoms with Crippen molar-refractivity contribution in [2.75, 3.05) is 5.73 Å². The highest BCUT2D eigenvalue weighted by Gasteiger charge is 2.23. The number of aromatic nitrogens is 1. The number of nitro groups is 1. The predicted octanol–water partition coefficient (Wildman–Crippen LogP) is 1.52. The lowest BCUT2D eigenvalue weighted by atomic mass is 10.1. The Morgan fingerprint density at radius 2 is 2.36 bits per heavy atom. The fraction of sp³-hybridized carbons (Fsp3) is 0.444. The maximum Gasteiger partial charge on any atom is 0.288 e. The minimum absolute atomic E-state index is 0.0230. The Balaban J connectivity index is 2.26. The van der Waals surface area contributed by atoms with Crippen molar-refractivity contribution >= 4 is 11.5 Å². The normalized spacial score (nSPS) is 15.4. The fourth-order valence-corrected chi connectivity index (χ4v) is 1.40. The van der Waals surface area contributed by atoms with Gasteiger partial charge in [-0.2, -0.15) is 0 Å². The summed E-state index contributed by atoms with van der Waals surface area (Å²) in [4.78, 5) is 13.9. The van der Waals surface area contributed by atoms with Crippen LogP contribution in [0.25, 0.3) is 0 Å². The monoisotopic (exact) mass is 193 g/mol. The van der Waals surface area contributed by atoms with Gasteiger partial charge in [0.05, 0.1) is 4.92 Å². The molecule has 0 bridgehead atoms. The fourth-order valence-electron chi connectivity index (χ4n) is 1.40. The first-order chi connectivity index (χ1) is 6.66. The number of nitrogens with zero attached hydrogens (tertiary/aromatic N) is 2. The second-order valence-corrected chi connectivity index (χ2v) is 3.64. The van der Waals surface area contributed by atoms with E-state index in [0.717, 1.165) is 12.0 Å². The molecule has 2 rings (SSSR count). The van der Waals surface area contributed by atoms with Gasteiger partial charge in [0.25, 0.3) is 5.69 Å². The molecule has 1 heterocycles. The molecule has 1 fully saturated rings. The first kappa shape index (κ1) is 8.93. The topological polar surface area (TPSA) is 82.0 Å². The molecule has 74 valence electrons. The minimum Gasteiger partial charge on any atom is -0.383 e. The molecule has 1 aromatic rings. The number of nitrogens with two attached hydrogens (primary N) is 1. The molecule has 14 heavy (non-hydrogen) atoms. The molecule has 1 aliphatic rings.